The number of Topliss-reactive ketones (excluding diaryl/α,β-unsaturated/α-hetero) is 1. The molecule has 5 heteroatoms. The van der Waals surface area contributed by atoms with Crippen LogP contribution in [0.3, 0.4) is 0 Å². The van der Waals surface area contributed by atoms with E-state index in [1.165, 1.54) is 5.57 Å². The number of fused-ring (bicyclic) bond motifs is 2. The zero-order valence-corrected chi connectivity index (χ0v) is 24.5. The maximum absolute atomic E-state index is 14.5. The highest BCUT2D eigenvalue weighted by atomic mass is 16.1. The van der Waals surface area contributed by atoms with Crippen LogP contribution in [-0.2, 0) is 4.79 Å². The fraction of sp³-hybridized carbons (Fsp3) is 0.515. The van der Waals surface area contributed by atoms with Crippen LogP contribution < -0.4 is 15.2 Å². The summed E-state index contributed by atoms with van der Waals surface area (Å²) in [5.74, 6) is 0.651. The van der Waals surface area contributed by atoms with Crippen molar-refractivity contribution in [2.45, 2.75) is 67.1 Å². The third-order valence-electron chi connectivity index (χ3n) is 8.85. The molecule has 2 aromatic carbocycles. The number of hydrazone groups is 1. The minimum absolute atomic E-state index is 0.0174. The van der Waals surface area contributed by atoms with Crippen molar-refractivity contribution in [1.82, 2.24) is 5.32 Å². The fourth-order valence-electron chi connectivity index (χ4n) is 6.75. The summed E-state index contributed by atoms with van der Waals surface area (Å²) in [6, 6.07) is 18.9. The maximum atomic E-state index is 14.5. The third-order valence-corrected chi connectivity index (χ3v) is 8.85. The number of rotatable bonds is 3. The van der Waals surface area contributed by atoms with Crippen LogP contribution in [0.15, 0.2) is 70.8 Å². The number of hydrogen-bond donors (Lipinski definition) is 1. The Morgan fingerprint density at radius 1 is 0.895 bits per heavy atom. The van der Waals surface area contributed by atoms with Crippen molar-refractivity contribution in [1.29, 1.82) is 0 Å². The minimum Gasteiger partial charge on any atom is -0.378 e. The Kier molecular flexibility index (Phi) is 6.58. The van der Waals surface area contributed by atoms with Crippen LogP contribution >= 0.6 is 0 Å². The Morgan fingerprint density at radius 2 is 1.50 bits per heavy atom. The van der Waals surface area contributed by atoms with E-state index in [1.807, 2.05) is 6.07 Å². The number of nitrogens with zero attached hydrogens (tertiary/aromatic N) is 3. The van der Waals surface area contributed by atoms with Crippen molar-refractivity contribution in [3.05, 3.63) is 71.3 Å². The predicted octanol–water partition coefficient (Wildman–Crippen LogP) is 6.83. The monoisotopic (exact) mass is 512 g/mol. The molecule has 202 valence electrons. The Hall–Kier alpha value is -2.92. The standard InChI is InChI=1S/C33H44N4O/c1-20-26-27-24(32(2,3)4)19-25(33(5,6)7)30(38)28(27)29(21-15-17-22(18-16-21)36(8)9)34-31(26)37(35-20)23-13-11-10-12-14-23/h10-18,24-26,29,31,34H,19H2,1-9H3/t24-,25+,26-,29-,31-/m0/s1. The molecule has 0 saturated heterocycles. The normalized spacial score (nSPS) is 27.7. The fourth-order valence-corrected chi connectivity index (χ4v) is 6.75. The van der Waals surface area contributed by atoms with Gasteiger partial charge in [0, 0.05) is 37.0 Å². The molecule has 0 fully saturated rings. The highest BCUT2D eigenvalue weighted by molar-refractivity contribution is 6.03. The summed E-state index contributed by atoms with van der Waals surface area (Å²) >= 11 is 0. The van der Waals surface area contributed by atoms with Gasteiger partial charge in [-0.1, -0.05) is 71.9 Å². The van der Waals surface area contributed by atoms with Gasteiger partial charge < -0.3 is 4.90 Å². The number of anilines is 2. The van der Waals surface area contributed by atoms with Crippen molar-refractivity contribution in [2.75, 3.05) is 24.0 Å². The highest BCUT2D eigenvalue weighted by Gasteiger charge is 2.55. The van der Waals surface area contributed by atoms with E-state index in [9.17, 15) is 4.79 Å². The molecule has 0 aromatic heterocycles. The average Bonchev–Trinajstić information content (AvgIpc) is 3.19. The Labute approximate surface area is 229 Å². The first-order chi connectivity index (χ1) is 17.8. The summed E-state index contributed by atoms with van der Waals surface area (Å²) < 4.78 is 0. The summed E-state index contributed by atoms with van der Waals surface area (Å²) in [5.41, 5.74) is 6.65. The summed E-state index contributed by atoms with van der Waals surface area (Å²) in [6.07, 6.45) is 0.845. The first-order valence-corrected chi connectivity index (χ1v) is 14.0. The van der Waals surface area contributed by atoms with Crippen molar-refractivity contribution < 1.29 is 4.79 Å². The van der Waals surface area contributed by atoms with Gasteiger partial charge in [-0.25, -0.2) is 5.01 Å². The molecule has 5 nitrogen and oxygen atoms in total. The number of hydrogen-bond acceptors (Lipinski definition) is 5. The van der Waals surface area contributed by atoms with Gasteiger partial charge in [-0.05, 0) is 65.5 Å². The van der Waals surface area contributed by atoms with Gasteiger partial charge in [0.15, 0.2) is 5.78 Å². The summed E-state index contributed by atoms with van der Waals surface area (Å²) in [7, 11) is 4.12. The van der Waals surface area contributed by atoms with Gasteiger partial charge in [0.05, 0.1) is 17.6 Å². The van der Waals surface area contributed by atoms with E-state index in [4.69, 9.17) is 5.10 Å². The number of nitrogens with one attached hydrogen (secondary N) is 1. The van der Waals surface area contributed by atoms with Crippen molar-refractivity contribution in [2.24, 2.45) is 33.7 Å². The number of para-hydroxylation sites is 1. The molecule has 5 rings (SSSR count). The lowest BCUT2D eigenvalue weighted by Gasteiger charge is -2.51. The number of carbonyl (C=O) groups is 1. The summed E-state index contributed by atoms with van der Waals surface area (Å²) in [5, 5.41) is 11.2. The van der Waals surface area contributed by atoms with E-state index in [0.717, 1.165) is 34.6 Å². The smallest absolute Gasteiger partial charge is 0.164 e. The average molecular weight is 513 g/mol. The SMILES string of the molecule is CC1=NN(c2ccccc2)[C@@H]2N[C@@H](c3ccc(N(C)C)cc3)C3=C([C@H]12)[C@@H](C(C)(C)C)C[C@@H](C(C)(C)C)C3=O. The van der Waals surface area contributed by atoms with Crippen LogP contribution in [0.25, 0.3) is 0 Å². The van der Waals surface area contributed by atoms with Gasteiger partial charge >= 0.3 is 0 Å². The maximum Gasteiger partial charge on any atom is 0.164 e. The van der Waals surface area contributed by atoms with Crippen LogP contribution in [0.4, 0.5) is 11.4 Å². The number of benzene rings is 2. The van der Waals surface area contributed by atoms with E-state index in [1.54, 1.807) is 0 Å². The molecular weight excluding hydrogens is 468 g/mol. The number of ketones is 1. The van der Waals surface area contributed by atoms with E-state index >= 15 is 0 Å². The van der Waals surface area contributed by atoms with E-state index in [2.05, 4.69) is 126 Å². The second-order valence-corrected chi connectivity index (χ2v) is 13.7. The summed E-state index contributed by atoms with van der Waals surface area (Å²) in [6.45, 7) is 15.8. The lowest BCUT2D eigenvalue weighted by atomic mass is 9.56. The molecule has 1 N–H and O–H groups in total. The molecule has 0 radical (unpaired) electrons. The van der Waals surface area contributed by atoms with Gasteiger partial charge in [-0.15, -0.1) is 0 Å². The van der Waals surface area contributed by atoms with Crippen molar-refractivity contribution in [3.8, 4) is 0 Å². The second kappa shape index (κ2) is 9.37. The van der Waals surface area contributed by atoms with Gasteiger partial charge in [-0.2, -0.15) is 5.10 Å². The van der Waals surface area contributed by atoms with E-state index in [-0.39, 0.29) is 34.9 Å². The van der Waals surface area contributed by atoms with Gasteiger partial charge in [0.25, 0.3) is 0 Å². The van der Waals surface area contributed by atoms with Crippen LogP contribution in [0, 0.1) is 28.6 Å². The molecule has 1 aliphatic carbocycles. The van der Waals surface area contributed by atoms with Gasteiger partial charge in [0.1, 0.15) is 6.17 Å². The molecule has 38 heavy (non-hydrogen) atoms. The zero-order valence-electron chi connectivity index (χ0n) is 24.5. The first-order valence-electron chi connectivity index (χ1n) is 14.0. The quantitative estimate of drug-likeness (QED) is 0.490. The van der Waals surface area contributed by atoms with Crippen LogP contribution in [0.5, 0.6) is 0 Å². The molecule has 0 amide bonds. The Morgan fingerprint density at radius 3 is 2.05 bits per heavy atom. The van der Waals surface area contributed by atoms with Crippen LogP contribution in [-0.4, -0.2) is 31.8 Å². The molecule has 2 heterocycles. The molecule has 5 atom stereocenters. The zero-order chi connectivity index (χ0) is 27.6. The van der Waals surface area contributed by atoms with Crippen molar-refractivity contribution in [3.63, 3.8) is 0 Å². The third kappa shape index (κ3) is 4.49. The topological polar surface area (TPSA) is 47.9 Å². The van der Waals surface area contributed by atoms with Crippen LogP contribution in [0.1, 0.15) is 66.5 Å². The lowest BCUT2D eigenvalue weighted by Crippen LogP contribution is -2.56. The van der Waals surface area contributed by atoms with Gasteiger partial charge in [-0.3, -0.25) is 10.1 Å². The highest BCUT2D eigenvalue weighted by Crippen LogP contribution is 2.55. The molecule has 2 aromatic rings. The molecule has 0 spiro atoms. The lowest BCUT2D eigenvalue weighted by molar-refractivity contribution is -0.125. The van der Waals surface area contributed by atoms with Gasteiger partial charge in [0.2, 0.25) is 0 Å². The molecule has 0 saturated carbocycles. The van der Waals surface area contributed by atoms with Crippen LogP contribution in [0.2, 0.25) is 0 Å². The predicted molar refractivity (Wildman–Crippen MR) is 158 cm³/mol. The second-order valence-electron chi connectivity index (χ2n) is 13.7. The first kappa shape index (κ1) is 26.7. The minimum atomic E-state index is -0.183. The van der Waals surface area contributed by atoms with E-state index < -0.39 is 0 Å². The molecule has 0 bridgehead atoms. The largest absolute Gasteiger partial charge is 0.378 e. The van der Waals surface area contributed by atoms with E-state index in [0.29, 0.717) is 11.7 Å². The Balaban J connectivity index is 1.73. The summed E-state index contributed by atoms with van der Waals surface area (Å²) in [4.78, 5) is 16.6. The van der Waals surface area contributed by atoms with Crippen molar-refractivity contribution >= 4 is 22.9 Å². The number of carbonyl (C=O) groups excluding carboxylic acids is 1. The molecule has 0 unspecified atom stereocenters. The molecular formula is C33H44N4O. The molecule has 3 aliphatic rings. The Bertz CT molecular complexity index is 1260. The molecule has 2 aliphatic heterocycles.